The molecule has 6 aromatic carbocycles. The van der Waals surface area contributed by atoms with Crippen LogP contribution < -0.4 is 0 Å². The first-order chi connectivity index (χ1) is 23.5. The van der Waals surface area contributed by atoms with Crippen LogP contribution >= 0.6 is 0 Å². The lowest BCUT2D eigenvalue weighted by atomic mass is 9.86. The molecular weight excluding hydrogens is 585 g/mol. The summed E-state index contributed by atoms with van der Waals surface area (Å²) < 4.78 is 0. The van der Waals surface area contributed by atoms with E-state index in [1.54, 1.807) is 12.2 Å². The monoisotopic (exact) mass is 620 g/mol. The van der Waals surface area contributed by atoms with Crippen LogP contribution in [0.1, 0.15) is 22.3 Å². The Bertz CT molecular complexity index is 2490. The highest BCUT2D eigenvalue weighted by Crippen LogP contribution is 2.44. The number of para-hydroxylation sites is 1. The molecule has 232 valence electrons. The van der Waals surface area contributed by atoms with Gasteiger partial charge in [0.15, 0.2) is 11.7 Å². The van der Waals surface area contributed by atoms with E-state index in [9.17, 15) is 0 Å². The highest BCUT2D eigenvalue weighted by molar-refractivity contribution is 6.25. The molecule has 48 heavy (non-hydrogen) atoms. The standard InChI is InChI=1S/C44H36N4/c1-6-16-30(7-2)27-46-43(31-17-9-8-10-18-31)48-44(45-5)37-23-15-22-32-28(3)34(25-26-35(32)37)40-29(4)33-19-11-12-20-36(33)42-41(40)38-21-13-14-24-39(38)47-42/h6-26,47H,1-2,5,27H2,3-4H3/b30-16+,46-43?,48-44?. The third-order valence-electron chi connectivity index (χ3n) is 9.17. The summed E-state index contributed by atoms with van der Waals surface area (Å²) in [6, 6.07) is 38.0. The molecule has 0 amide bonds. The van der Waals surface area contributed by atoms with Crippen LogP contribution in [0.25, 0.3) is 54.5 Å². The van der Waals surface area contributed by atoms with Crippen LogP contribution in [0.15, 0.2) is 161 Å². The normalized spacial score (nSPS) is 12.7. The summed E-state index contributed by atoms with van der Waals surface area (Å²) in [6.45, 7) is 16.6. The number of nitrogens with zero attached hydrogens (tertiary/aromatic N) is 3. The van der Waals surface area contributed by atoms with Gasteiger partial charge in [0.05, 0.1) is 12.1 Å². The predicted octanol–water partition coefficient (Wildman–Crippen LogP) is 11.1. The summed E-state index contributed by atoms with van der Waals surface area (Å²) in [5.41, 5.74) is 9.98. The van der Waals surface area contributed by atoms with E-state index in [2.05, 4.69) is 123 Å². The van der Waals surface area contributed by atoms with Crippen molar-refractivity contribution < 1.29 is 0 Å². The van der Waals surface area contributed by atoms with E-state index >= 15 is 0 Å². The number of H-pyrrole nitrogens is 1. The number of benzene rings is 6. The molecule has 0 spiro atoms. The molecule has 1 heterocycles. The van der Waals surface area contributed by atoms with Crippen molar-refractivity contribution >= 4 is 61.7 Å². The largest absolute Gasteiger partial charge is 0.354 e. The number of hydrogen-bond donors (Lipinski definition) is 1. The maximum absolute atomic E-state index is 5.02. The van der Waals surface area contributed by atoms with Crippen LogP contribution in [-0.2, 0) is 0 Å². The molecule has 0 unspecified atom stereocenters. The van der Waals surface area contributed by atoms with E-state index in [0.717, 1.165) is 33.0 Å². The molecule has 1 N–H and O–H groups in total. The molecule has 0 aliphatic carbocycles. The topological polar surface area (TPSA) is 52.9 Å². The van der Waals surface area contributed by atoms with Gasteiger partial charge in [0.1, 0.15) is 0 Å². The van der Waals surface area contributed by atoms with Crippen molar-refractivity contribution in [3.05, 3.63) is 168 Å². The molecule has 0 fully saturated rings. The highest BCUT2D eigenvalue weighted by atomic mass is 15.0. The van der Waals surface area contributed by atoms with Crippen LogP contribution in [0.3, 0.4) is 0 Å². The lowest BCUT2D eigenvalue weighted by Gasteiger charge is -2.18. The van der Waals surface area contributed by atoms with Gasteiger partial charge in [-0.2, -0.15) is 0 Å². The first-order valence-electron chi connectivity index (χ1n) is 16.1. The van der Waals surface area contributed by atoms with Gasteiger partial charge in [0.25, 0.3) is 0 Å². The number of hydrogen-bond acceptors (Lipinski definition) is 1. The number of rotatable bonds is 7. The molecule has 0 radical (unpaired) electrons. The molecule has 1 aromatic heterocycles. The van der Waals surface area contributed by atoms with E-state index in [4.69, 9.17) is 9.98 Å². The minimum absolute atomic E-state index is 0.416. The highest BCUT2D eigenvalue weighted by Gasteiger charge is 2.20. The first kappa shape index (κ1) is 30.5. The summed E-state index contributed by atoms with van der Waals surface area (Å²) in [7, 11) is 0. The van der Waals surface area contributed by atoms with Crippen LogP contribution in [0.2, 0.25) is 0 Å². The average Bonchev–Trinajstić information content (AvgIpc) is 3.52. The zero-order chi connectivity index (χ0) is 33.2. The van der Waals surface area contributed by atoms with Gasteiger partial charge in [-0.05, 0) is 70.6 Å². The smallest absolute Gasteiger partial charge is 0.161 e. The van der Waals surface area contributed by atoms with Crippen molar-refractivity contribution in [1.82, 2.24) is 4.98 Å². The van der Waals surface area contributed by atoms with E-state index in [-0.39, 0.29) is 0 Å². The Morgan fingerprint density at radius 2 is 1.38 bits per heavy atom. The number of amidine groups is 2. The second kappa shape index (κ2) is 12.9. The fourth-order valence-electron chi connectivity index (χ4n) is 6.83. The quantitative estimate of drug-likeness (QED) is 0.105. The molecule has 0 bridgehead atoms. The van der Waals surface area contributed by atoms with Crippen LogP contribution in [0, 0.1) is 13.8 Å². The van der Waals surface area contributed by atoms with Crippen molar-refractivity contribution in [2.45, 2.75) is 13.8 Å². The third-order valence-corrected chi connectivity index (χ3v) is 9.17. The minimum Gasteiger partial charge on any atom is -0.354 e. The van der Waals surface area contributed by atoms with Gasteiger partial charge < -0.3 is 4.98 Å². The van der Waals surface area contributed by atoms with Gasteiger partial charge in [-0.15, -0.1) is 0 Å². The van der Waals surface area contributed by atoms with Gasteiger partial charge >= 0.3 is 0 Å². The molecule has 4 nitrogen and oxygen atoms in total. The lowest BCUT2D eigenvalue weighted by Crippen LogP contribution is -2.07. The van der Waals surface area contributed by atoms with Crippen molar-refractivity contribution in [1.29, 1.82) is 0 Å². The first-order valence-corrected chi connectivity index (χ1v) is 16.1. The zero-order valence-corrected chi connectivity index (χ0v) is 27.3. The number of aromatic amines is 1. The summed E-state index contributed by atoms with van der Waals surface area (Å²) in [5.74, 6) is 1.10. The van der Waals surface area contributed by atoms with E-state index in [1.807, 2.05) is 36.4 Å². The van der Waals surface area contributed by atoms with Crippen LogP contribution in [0.5, 0.6) is 0 Å². The molecule has 0 saturated carbocycles. The summed E-state index contributed by atoms with van der Waals surface area (Å²) in [5, 5.41) is 7.17. The van der Waals surface area contributed by atoms with Gasteiger partial charge in [0, 0.05) is 32.8 Å². The van der Waals surface area contributed by atoms with Crippen molar-refractivity contribution in [3.8, 4) is 11.1 Å². The van der Waals surface area contributed by atoms with Crippen molar-refractivity contribution in [2.75, 3.05) is 6.54 Å². The van der Waals surface area contributed by atoms with Crippen LogP contribution in [-0.4, -0.2) is 29.9 Å². The van der Waals surface area contributed by atoms with Gasteiger partial charge in [-0.3, -0.25) is 4.99 Å². The second-order valence-electron chi connectivity index (χ2n) is 11.9. The maximum Gasteiger partial charge on any atom is 0.161 e. The molecule has 7 aromatic rings. The average molecular weight is 621 g/mol. The third kappa shape index (κ3) is 5.27. The maximum atomic E-state index is 5.02. The lowest BCUT2D eigenvalue weighted by molar-refractivity contribution is 1.17. The molecule has 0 aliphatic rings. The molecule has 4 heteroatoms. The van der Waals surface area contributed by atoms with Gasteiger partial charge in [-0.25, -0.2) is 9.98 Å². The Hall–Kier alpha value is -6.13. The number of aryl methyl sites for hydroxylation is 2. The molecule has 0 atom stereocenters. The Labute approximate surface area is 280 Å². The Morgan fingerprint density at radius 1 is 0.688 bits per heavy atom. The van der Waals surface area contributed by atoms with Crippen molar-refractivity contribution in [2.24, 2.45) is 15.0 Å². The molecule has 0 saturated heterocycles. The van der Waals surface area contributed by atoms with Crippen molar-refractivity contribution in [3.63, 3.8) is 0 Å². The summed E-state index contributed by atoms with van der Waals surface area (Å²) in [6.07, 6.45) is 5.43. The fourth-order valence-corrected chi connectivity index (χ4v) is 6.83. The Balaban J connectivity index is 1.43. The van der Waals surface area contributed by atoms with E-state index in [0.29, 0.717) is 18.2 Å². The van der Waals surface area contributed by atoms with Gasteiger partial charge in [0.2, 0.25) is 0 Å². The Kier molecular flexibility index (Phi) is 8.22. The summed E-state index contributed by atoms with van der Waals surface area (Å²) in [4.78, 5) is 18.1. The van der Waals surface area contributed by atoms with E-state index < -0.39 is 0 Å². The number of fused-ring (bicyclic) bond motifs is 6. The number of allylic oxidation sites excluding steroid dienone is 2. The predicted molar refractivity (Wildman–Crippen MR) is 208 cm³/mol. The van der Waals surface area contributed by atoms with Crippen LogP contribution in [0.4, 0.5) is 0 Å². The Morgan fingerprint density at radius 3 is 2.12 bits per heavy atom. The SMILES string of the molecule is C=C/C=C(\C=C)CN=C(N=C(N=C)c1cccc2c(C)c(-c3c(C)c4ccccc4c4[nH]c5ccccc5c34)ccc12)c1ccccc1. The number of nitrogens with one attached hydrogen (secondary N) is 1. The zero-order valence-electron chi connectivity index (χ0n) is 27.3. The fraction of sp³-hybridized carbons (Fsp3) is 0.0682. The minimum atomic E-state index is 0.416. The number of aliphatic imine (C=N–C) groups is 3. The second-order valence-corrected chi connectivity index (χ2v) is 11.9. The number of aromatic nitrogens is 1. The molecule has 0 aliphatic heterocycles. The molecular formula is C44H36N4. The van der Waals surface area contributed by atoms with E-state index in [1.165, 1.54) is 49.3 Å². The summed E-state index contributed by atoms with van der Waals surface area (Å²) >= 11 is 0. The van der Waals surface area contributed by atoms with Gasteiger partial charge in [-0.1, -0.05) is 135 Å². The molecule has 7 rings (SSSR count).